The van der Waals surface area contributed by atoms with E-state index in [0.29, 0.717) is 0 Å². The highest BCUT2D eigenvalue weighted by Gasteiger charge is 1.89. The van der Waals surface area contributed by atoms with Crippen LogP contribution in [0.4, 0.5) is 0 Å². The van der Waals surface area contributed by atoms with Gasteiger partial charge in [0, 0.05) is 25.5 Å². The molecule has 0 radical (unpaired) electrons. The molecule has 0 saturated heterocycles. The molecule has 0 amide bonds. The van der Waals surface area contributed by atoms with E-state index in [4.69, 9.17) is 0 Å². The van der Waals surface area contributed by atoms with Crippen molar-refractivity contribution in [3.63, 3.8) is 0 Å². The number of hydrogen-bond acceptors (Lipinski definition) is 3. The summed E-state index contributed by atoms with van der Waals surface area (Å²) < 4.78 is 0. The van der Waals surface area contributed by atoms with E-state index in [-0.39, 0.29) is 0 Å². The zero-order valence-electron chi connectivity index (χ0n) is 9.12. The summed E-state index contributed by atoms with van der Waals surface area (Å²) in [6, 6.07) is 0. The minimum atomic E-state index is 0.788. The number of nitrogens with zero attached hydrogens (tertiary/aromatic N) is 2. The lowest BCUT2D eigenvalue weighted by molar-refractivity contribution is 1.00. The zero-order valence-corrected chi connectivity index (χ0v) is 10.0. The van der Waals surface area contributed by atoms with Gasteiger partial charge in [-0.2, -0.15) is 0 Å². The van der Waals surface area contributed by atoms with Gasteiger partial charge in [-0.1, -0.05) is 12.7 Å². The Morgan fingerprint density at radius 2 is 2.07 bits per heavy atom. The second-order valence-corrected chi connectivity index (χ2v) is 3.57. The molecule has 0 saturated carbocycles. The van der Waals surface area contributed by atoms with Crippen LogP contribution in [0.15, 0.2) is 33.1 Å². The van der Waals surface area contributed by atoms with Gasteiger partial charge in [0.1, 0.15) is 0 Å². The monoisotopic (exact) mass is 210 g/mol. The van der Waals surface area contributed by atoms with Crippen molar-refractivity contribution in [2.24, 2.45) is 9.98 Å². The van der Waals surface area contributed by atoms with E-state index in [9.17, 15) is 0 Å². The number of rotatable bonds is 5. The molecular weight excluding hydrogens is 192 g/mol. The second-order valence-electron chi connectivity index (χ2n) is 3.03. The number of hydrogen-bond donors (Lipinski definition) is 1. The molecule has 0 rings (SSSR count). The molecule has 0 fully saturated rings. The van der Waals surface area contributed by atoms with Crippen LogP contribution in [-0.2, 0) is 0 Å². The zero-order chi connectivity index (χ0) is 11.0. The molecule has 0 aromatic rings. The molecule has 0 aliphatic carbocycles. The minimum Gasteiger partial charge on any atom is -0.295 e. The summed E-state index contributed by atoms with van der Waals surface area (Å²) in [7, 11) is 1.74. The summed E-state index contributed by atoms with van der Waals surface area (Å²) in [4.78, 5) is 9.01. The van der Waals surface area contributed by atoms with E-state index in [1.807, 2.05) is 13.8 Å². The number of aliphatic imine (C=N–C) groups is 2. The van der Waals surface area contributed by atoms with Crippen LogP contribution < -0.4 is 0 Å². The number of allylic oxidation sites excluding steroid dienone is 1. The van der Waals surface area contributed by atoms with E-state index in [0.717, 1.165) is 29.2 Å². The molecule has 3 heteroatoms. The van der Waals surface area contributed by atoms with E-state index >= 15 is 0 Å². The van der Waals surface area contributed by atoms with Crippen molar-refractivity contribution < 1.29 is 0 Å². The van der Waals surface area contributed by atoms with E-state index in [2.05, 4.69) is 35.3 Å². The molecule has 0 aliphatic heterocycles. The first-order valence-electron chi connectivity index (χ1n) is 4.56. The Hall–Kier alpha value is -0.830. The van der Waals surface area contributed by atoms with Crippen molar-refractivity contribution in [3.8, 4) is 0 Å². The van der Waals surface area contributed by atoms with Crippen molar-refractivity contribution in [2.75, 3.05) is 13.6 Å². The highest BCUT2D eigenvalue weighted by molar-refractivity contribution is 7.84. The molecule has 0 heterocycles. The van der Waals surface area contributed by atoms with Gasteiger partial charge in [0.15, 0.2) is 0 Å². The Bertz CT molecular complexity index is 275. The normalized spacial score (nSPS) is 13.7. The highest BCUT2D eigenvalue weighted by Crippen LogP contribution is 2.10. The van der Waals surface area contributed by atoms with E-state index in [1.54, 1.807) is 13.3 Å². The summed E-state index contributed by atoms with van der Waals surface area (Å²) in [5.41, 5.74) is 2.08. The first-order valence-corrected chi connectivity index (χ1v) is 5.01. The van der Waals surface area contributed by atoms with Crippen LogP contribution in [0.25, 0.3) is 0 Å². The topological polar surface area (TPSA) is 24.7 Å². The molecular formula is C11H18N2S. The average molecular weight is 210 g/mol. The summed E-state index contributed by atoms with van der Waals surface area (Å²) in [5.74, 6) is 0. The molecule has 0 spiro atoms. The Labute approximate surface area is 92.0 Å². The van der Waals surface area contributed by atoms with Crippen LogP contribution >= 0.6 is 12.6 Å². The SMILES string of the molecule is C=C(S)/C(C)=C/CCN=C(C)C=NC. The maximum absolute atomic E-state index is 4.31. The van der Waals surface area contributed by atoms with Gasteiger partial charge in [0.25, 0.3) is 0 Å². The van der Waals surface area contributed by atoms with Crippen molar-refractivity contribution in [1.82, 2.24) is 0 Å². The van der Waals surface area contributed by atoms with Gasteiger partial charge in [-0.3, -0.25) is 9.98 Å². The lowest BCUT2D eigenvalue weighted by atomic mass is 10.2. The largest absolute Gasteiger partial charge is 0.295 e. The van der Waals surface area contributed by atoms with Crippen molar-refractivity contribution in [1.29, 1.82) is 0 Å². The van der Waals surface area contributed by atoms with Crippen LogP contribution in [-0.4, -0.2) is 25.5 Å². The van der Waals surface area contributed by atoms with Gasteiger partial charge in [-0.15, -0.1) is 12.6 Å². The predicted octanol–water partition coefficient (Wildman–Crippen LogP) is 2.93. The van der Waals surface area contributed by atoms with Crippen LogP contribution in [0, 0.1) is 0 Å². The van der Waals surface area contributed by atoms with E-state index in [1.165, 1.54) is 0 Å². The smallest absolute Gasteiger partial charge is 0.0495 e. The molecule has 0 N–H and O–H groups in total. The third-order valence-corrected chi connectivity index (χ3v) is 2.06. The first-order chi connectivity index (χ1) is 6.57. The number of thiol groups is 1. The molecule has 2 nitrogen and oxygen atoms in total. The van der Waals surface area contributed by atoms with Crippen molar-refractivity contribution in [3.05, 3.63) is 23.1 Å². The molecule has 0 bridgehead atoms. The molecule has 0 aromatic carbocycles. The van der Waals surface area contributed by atoms with Gasteiger partial charge in [-0.05, 0) is 30.7 Å². The summed E-state index contributed by atoms with van der Waals surface area (Å²) in [5, 5.41) is 0. The fraction of sp³-hybridized carbons (Fsp3) is 0.455. The Balaban J connectivity index is 3.92. The summed E-state index contributed by atoms with van der Waals surface area (Å²) >= 11 is 4.15. The predicted molar refractivity (Wildman–Crippen MR) is 68.9 cm³/mol. The van der Waals surface area contributed by atoms with Crippen LogP contribution in [0.3, 0.4) is 0 Å². The van der Waals surface area contributed by atoms with Gasteiger partial charge < -0.3 is 0 Å². The molecule has 0 aromatic heterocycles. The standard InChI is InChI=1S/C11H18N2S/c1-9(11(3)14)6-5-7-13-10(2)8-12-4/h6,8,14H,3,5,7H2,1-2,4H3/b9-6+,12-8?,13-10?. The van der Waals surface area contributed by atoms with Crippen molar-refractivity contribution in [2.45, 2.75) is 20.3 Å². The lowest BCUT2D eigenvalue weighted by Gasteiger charge is -1.97. The Kier molecular flexibility index (Phi) is 7.11. The van der Waals surface area contributed by atoms with Gasteiger partial charge in [0.05, 0.1) is 0 Å². The minimum absolute atomic E-state index is 0.788. The van der Waals surface area contributed by atoms with Crippen LogP contribution in [0.1, 0.15) is 20.3 Å². The van der Waals surface area contributed by atoms with Crippen LogP contribution in [0.5, 0.6) is 0 Å². The van der Waals surface area contributed by atoms with E-state index < -0.39 is 0 Å². The lowest BCUT2D eigenvalue weighted by Crippen LogP contribution is -1.94. The quantitative estimate of drug-likeness (QED) is 0.312. The summed E-state index contributed by atoms with van der Waals surface area (Å²) in [6.07, 6.45) is 4.77. The van der Waals surface area contributed by atoms with Gasteiger partial charge in [0.2, 0.25) is 0 Å². The van der Waals surface area contributed by atoms with Crippen molar-refractivity contribution >= 4 is 24.6 Å². The Morgan fingerprint density at radius 3 is 2.57 bits per heavy atom. The summed E-state index contributed by atoms with van der Waals surface area (Å²) in [6.45, 7) is 8.47. The van der Waals surface area contributed by atoms with Gasteiger partial charge in [-0.25, -0.2) is 0 Å². The molecule has 14 heavy (non-hydrogen) atoms. The fourth-order valence-electron chi connectivity index (χ4n) is 0.867. The maximum Gasteiger partial charge on any atom is 0.0495 e. The third kappa shape index (κ3) is 6.66. The van der Waals surface area contributed by atoms with Gasteiger partial charge >= 0.3 is 0 Å². The van der Waals surface area contributed by atoms with Crippen LogP contribution in [0.2, 0.25) is 0 Å². The highest BCUT2D eigenvalue weighted by atomic mass is 32.1. The Morgan fingerprint density at radius 1 is 1.43 bits per heavy atom. The first kappa shape index (κ1) is 13.2. The third-order valence-electron chi connectivity index (χ3n) is 1.71. The molecule has 0 atom stereocenters. The average Bonchev–Trinajstić information content (AvgIpc) is 2.12. The maximum atomic E-state index is 4.31. The molecule has 78 valence electrons. The molecule has 0 unspecified atom stereocenters. The molecule has 0 aliphatic rings. The fourth-order valence-corrected chi connectivity index (χ4v) is 0.959. The second kappa shape index (κ2) is 7.56.